The van der Waals surface area contributed by atoms with Crippen LogP contribution in [0.3, 0.4) is 0 Å². The van der Waals surface area contributed by atoms with Crippen LogP contribution in [0.5, 0.6) is 5.75 Å². The van der Waals surface area contributed by atoms with E-state index in [0.29, 0.717) is 16.7 Å². The molecule has 0 saturated heterocycles. The molecule has 0 aliphatic carbocycles. The lowest BCUT2D eigenvalue weighted by Gasteiger charge is -2.05. The van der Waals surface area contributed by atoms with Gasteiger partial charge >= 0.3 is 0 Å². The highest BCUT2D eigenvalue weighted by atomic mass is 79.9. The Bertz CT molecular complexity index is 498. The molecule has 0 aliphatic rings. The van der Waals surface area contributed by atoms with Gasteiger partial charge in [-0.15, -0.1) is 11.3 Å². The highest BCUT2D eigenvalue weighted by Crippen LogP contribution is 2.27. The molecule has 0 bridgehead atoms. The predicted octanol–water partition coefficient (Wildman–Crippen LogP) is 5.40. The zero-order valence-electron chi connectivity index (χ0n) is 8.04. The minimum absolute atomic E-state index is 0.506. The summed E-state index contributed by atoms with van der Waals surface area (Å²) in [6.07, 6.45) is 0. The molecule has 0 amide bonds. The summed E-state index contributed by atoms with van der Waals surface area (Å²) < 4.78 is 6.66. The van der Waals surface area contributed by atoms with Gasteiger partial charge in [0, 0.05) is 20.8 Å². The molecule has 1 aromatic heterocycles. The molecule has 0 fully saturated rings. The maximum Gasteiger partial charge on any atom is 0.122 e. The second kappa shape index (κ2) is 5.41. The van der Waals surface area contributed by atoms with E-state index in [1.165, 1.54) is 0 Å². The number of hydrogen-bond acceptors (Lipinski definition) is 2. The van der Waals surface area contributed by atoms with Gasteiger partial charge in [0.15, 0.2) is 0 Å². The van der Waals surface area contributed by atoms with E-state index in [0.717, 1.165) is 15.1 Å². The van der Waals surface area contributed by atoms with E-state index in [2.05, 4.69) is 15.9 Å². The molecule has 1 nitrogen and oxygen atoms in total. The van der Waals surface area contributed by atoms with Crippen molar-refractivity contribution in [2.24, 2.45) is 0 Å². The van der Waals surface area contributed by atoms with Crippen molar-refractivity contribution in [3.05, 3.63) is 49.0 Å². The Labute approximate surface area is 116 Å². The van der Waals surface area contributed by atoms with Crippen LogP contribution in [0.15, 0.2) is 34.1 Å². The molecular formula is C11H7BrCl2OS. The van der Waals surface area contributed by atoms with E-state index in [1.54, 1.807) is 29.5 Å². The summed E-state index contributed by atoms with van der Waals surface area (Å²) in [6, 6.07) is 7.27. The first-order valence-electron chi connectivity index (χ1n) is 4.46. The van der Waals surface area contributed by atoms with Gasteiger partial charge in [0.25, 0.3) is 0 Å². The third-order valence-corrected chi connectivity index (χ3v) is 4.30. The second-order valence-corrected chi connectivity index (χ2v) is 5.82. The minimum Gasteiger partial charge on any atom is -0.488 e. The van der Waals surface area contributed by atoms with E-state index in [-0.39, 0.29) is 0 Å². The van der Waals surface area contributed by atoms with Crippen LogP contribution in [0.25, 0.3) is 0 Å². The molecule has 5 heteroatoms. The van der Waals surface area contributed by atoms with Crippen LogP contribution in [0.1, 0.15) is 4.88 Å². The Balaban J connectivity index is 2.02. The Kier molecular flexibility index (Phi) is 4.14. The fraction of sp³-hybridized carbons (Fsp3) is 0.0909. The quantitative estimate of drug-likeness (QED) is 0.728. The molecule has 0 saturated carbocycles. The number of benzene rings is 1. The average molecular weight is 338 g/mol. The Hall–Kier alpha value is -0.220. The van der Waals surface area contributed by atoms with Crippen molar-refractivity contribution in [1.29, 1.82) is 0 Å². The Morgan fingerprint density at radius 3 is 2.62 bits per heavy atom. The molecule has 0 spiro atoms. The maximum atomic E-state index is 5.88. The molecule has 2 aromatic rings. The molecule has 1 heterocycles. The fourth-order valence-corrected chi connectivity index (χ4v) is 2.80. The molecule has 0 unspecified atom stereocenters. The van der Waals surface area contributed by atoms with Crippen LogP contribution in [0.4, 0.5) is 0 Å². The third kappa shape index (κ3) is 3.14. The molecule has 2 rings (SSSR count). The number of thiophene rings is 1. The van der Waals surface area contributed by atoms with Gasteiger partial charge in [-0.3, -0.25) is 0 Å². The van der Waals surface area contributed by atoms with Crippen molar-refractivity contribution < 1.29 is 4.74 Å². The lowest BCUT2D eigenvalue weighted by atomic mass is 10.3. The monoisotopic (exact) mass is 336 g/mol. The smallest absolute Gasteiger partial charge is 0.122 e. The molecular weight excluding hydrogens is 331 g/mol. The molecule has 84 valence electrons. The summed E-state index contributed by atoms with van der Waals surface area (Å²) in [7, 11) is 0. The molecule has 16 heavy (non-hydrogen) atoms. The van der Waals surface area contributed by atoms with Crippen molar-refractivity contribution in [3.8, 4) is 5.75 Å². The number of ether oxygens (including phenoxy) is 1. The van der Waals surface area contributed by atoms with Gasteiger partial charge in [0.05, 0.1) is 10.0 Å². The van der Waals surface area contributed by atoms with Crippen LogP contribution in [0.2, 0.25) is 10.0 Å². The number of halogens is 3. The molecule has 0 aliphatic heterocycles. The molecule has 0 radical (unpaired) electrons. The second-order valence-electron chi connectivity index (χ2n) is 3.10. The third-order valence-electron chi connectivity index (χ3n) is 1.89. The van der Waals surface area contributed by atoms with Crippen molar-refractivity contribution >= 4 is 50.5 Å². The van der Waals surface area contributed by atoms with Crippen molar-refractivity contribution in [2.75, 3.05) is 0 Å². The van der Waals surface area contributed by atoms with Crippen LogP contribution in [0, 0.1) is 0 Å². The lowest BCUT2D eigenvalue weighted by molar-refractivity contribution is 0.310. The minimum atomic E-state index is 0.506. The van der Waals surface area contributed by atoms with E-state index >= 15 is 0 Å². The fourth-order valence-electron chi connectivity index (χ4n) is 1.15. The summed E-state index contributed by atoms with van der Waals surface area (Å²) in [5.74, 6) is 0.721. The first-order valence-corrected chi connectivity index (χ1v) is 6.89. The molecule has 0 N–H and O–H groups in total. The van der Waals surface area contributed by atoms with E-state index < -0.39 is 0 Å². The van der Waals surface area contributed by atoms with Gasteiger partial charge in [0.1, 0.15) is 12.4 Å². The van der Waals surface area contributed by atoms with Crippen LogP contribution in [-0.4, -0.2) is 0 Å². The van der Waals surface area contributed by atoms with E-state index in [9.17, 15) is 0 Å². The van der Waals surface area contributed by atoms with Crippen LogP contribution in [-0.2, 0) is 6.61 Å². The van der Waals surface area contributed by atoms with Crippen molar-refractivity contribution in [3.63, 3.8) is 0 Å². The highest BCUT2D eigenvalue weighted by molar-refractivity contribution is 9.10. The van der Waals surface area contributed by atoms with Crippen LogP contribution >= 0.6 is 50.5 Å². The number of rotatable bonds is 3. The number of hydrogen-bond donors (Lipinski definition) is 0. The largest absolute Gasteiger partial charge is 0.488 e. The van der Waals surface area contributed by atoms with Crippen LogP contribution < -0.4 is 4.74 Å². The normalized spacial score (nSPS) is 10.4. The van der Waals surface area contributed by atoms with Gasteiger partial charge < -0.3 is 4.74 Å². The van der Waals surface area contributed by atoms with E-state index in [4.69, 9.17) is 27.9 Å². The highest BCUT2D eigenvalue weighted by Gasteiger charge is 2.02. The predicted molar refractivity (Wildman–Crippen MR) is 72.8 cm³/mol. The zero-order valence-corrected chi connectivity index (χ0v) is 12.0. The molecule has 0 atom stereocenters. The average Bonchev–Trinajstić information content (AvgIpc) is 2.66. The van der Waals surface area contributed by atoms with Gasteiger partial charge in [-0.05, 0) is 34.1 Å². The Morgan fingerprint density at radius 2 is 2.00 bits per heavy atom. The zero-order chi connectivity index (χ0) is 11.5. The van der Waals surface area contributed by atoms with Gasteiger partial charge in [-0.25, -0.2) is 0 Å². The summed E-state index contributed by atoms with van der Waals surface area (Å²) in [6.45, 7) is 0.536. The van der Waals surface area contributed by atoms with Gasteiger partial charge in [-0.2, -0.15) is 0 Å². The van der Waals surface area contributed by atoms with Gasteiger partial charge in [-0.1, -0.05) is 23.2 Å². The van der Waals surface area contributed by atoms with Crippen molar-refractivity contribution in [2.45, 2.75) is 6.61 Å². The first-order chi connectivity index (χ1) is 7.65. The summed E-state index contributed by atoms with van der Waals surface area (Å²) >= 11 is 16.7. The Morgan fingerprint density at radius 1 is 1.19 bits per heavy atom. The summed E-state index contributed by atoms with van der Waals surface area (Å²) in [4.78, 5) is 1.15. The standard InChI is InChI=1S/C11H7BrCl2OS/c12-7-3-9(16-6-7)5-15-8-1-2-10(13)11(14)4-8/h1-4,6H,5H2. The first kappa shape index (κ1) is 12.2. The topological polar surface area (TPSA) is 9.23 Å². The maximum absolute atomic E-state index is 5.88. The lowest BCUT2D eigenvalue weighted by Crippen LogP contribution is -1.92. The summed E-state index contributed by atoms with van der Waals surface area (Å²) in [5, 5.41) is 3.06. The molecule has 1 aromatic carbocycles. The van der Waals surface area contributed by atoms with Crippen molar-refractivity contribution in [1.82, 2.24) is 0 Å². The SMILES string of the molecule is Clc1ccc(OCc2cc(Br)cs2)cc1Cl. The van der Waals surface area contributed by atoms with E-state index in [1.807, 2.05) is 11.4 Å². The van der Waals surface area contributed by atoms with Gasteiger partial charge in [0.2, 0.25) is 0 Å². The summed E-state index contributed by atoms with van der Waals surface area (Å²) in [5.41, 5.74) is 0.